The van der Waals surface area contributed by atoms with Gasteiger partial charge in [0.05, 0.1) is 6.42 Å². The molecule has 1 aliphatic rings. The van der Waals surface area contributed by atoms with E-state index < -0.39 is 42.3 Å². The highest BCUT2D eigenvalue weighted by atomic mass is 16.4. The molecule has 2 atom stereocenters. The minimum atomic E-state index is -1.34. The first-order chi connectivity index (χ1) is 15.0. The molecule has 0 bridgehead atoms. The molecule has 0 aromatic rings. The summed E-state index contributed by atoms with van der Waals surface area (Å²) in [5.41, 5.74) is 0. The zero-order chi connectivity index (χ0) is 24.7. The molecule has 3 amide bonds. The maximum absolute atomic E-state index is 11.5. The summed E-state index contributed by atoms with van der Waals surface area (Å²) in [5.74, 6) is -4.83. The number of carboxylic acids is 3. The van der Waals surface area contributed by atoms with Crippen LogP contribution in [0.15, 0.2) is 0 Å². The third-order valence-electron chi connectivity index (χ3n) is 4.84. The van der Waals surface area contributed by atoms with E-state index in [1.807, 2.05) is 0 Å². The summed E-state index contributed by atoms with van der Waals surface area (Å²) in [7, 11) is 0. The first-order valence-corrected chi connectivity index (χ1v) is 10.9. The summed E-state index contributed by atoms with van der Waals surface area (Å²) in [6.07, 6.45) is 6.39. The van der Waals surface area contributed by atoms with E-state index in [2.05, 4.69) is 12.2 Å². The summed E-state index contributed by atoms with van der Waals surface area (Å²) < 4.78 is 0. The van der Waals surface area contributed by atoms with Crippen molar-refractivity contribution in [2.24, 2.45) is 0 Å². The molecule has 2 unspecified atom stereocenters. The van der Waals surface area contributed by atoms with Crippen molar-refractivity contribution < 1.29 is 44.1 Å². The van der Waals surface area contributed by atoms with Crippen LogP contribution in [0.2, 0.25) is 0 Å². The summed E-state index contributed by atoms with van der Waals surface area (Å²) in [6.45, 7) is 3.76. The molecule has 1 heterocycles. The zero-order valence-electron chi connectivity index (χ0n) is 18.7. The third kappa shape index (κ3) is 11.4. The Balaban J connectivity index is 0.000000641. The highest BCUT2D eigenvalue weighted by Gasteiger charge is 2.37. The number of carboxylic acid groups (broad SMARTS) is 3. The van der Waals surface area contributed by atoms with Crippen molar-refractivity contribution in [3.05, 3.63) is 0 Å². The molecule has 0 saturated carbocycles. The lowest BCUT2D eigenvalue weighted by Gasteiger charge is -2.20. The maximum atomic E-state index is 11.5. The normalized spacial score (nSPS) is 14.9. The fraction of sp³-hybridized carbons (Fsp3) is 0.714. The minimum Gasteiger partial charge on any atom is -0.481 e. The van der Waals surface area contributed by atoms with Crippen LogP contribution in [0.25, 0.3) is 0 Å². The van der Waals surface area contributed by atoms with Gasteiger partial charge >= 0.3 is 17.9 Å². The number of amides is 3. The quantitative estimate of drug-likeness (QED) is 0.223. The Morgan fingerprint density at radius 1 is 0.875 bits per heavy atom. The Bertz CT molecular complexity index is 662. The highest BCUT2D eigenvalue weighted by Crippen LogP contribution is 2.17. The van der Waals surface area contributed by atoms with Crippen molar-refractivity contribution in [1.29, 1.82) is 0 Å². The number of nitrogens with zero attached hydrogens (tertiary/aromatic N) is 1. The molecule has 4 N–H and O–H groups in total. The second kappa shape index (κ2) is 15.8. The molecule has 0 spiro atoms. The Kier molecular flexibility index (Phi) is 14.3. The average molecular weight is 459 g/mol. The molecule has 0 aliphatic carbocycles. The molecular formula is C21H34N2O9. The lowest BCUT2D eigenvalue weighted by molar-refractivity contribution is -0.154. The minimum absolute atomic E-state index is 0.141. The van der Waals surface area contributed by atoms with Gasteiger partial charge in [-0.2, -0.15) is 0 Å². The van der Waals surface area contributed by atoms with Gasteiger partial charge in [-0.15, -0.1) is 0 Å². The van der Waals surface area contributed by atoms with E-state index in [9.17, 15) is 28.8 Å². The van der Waals surface area contributed by atoms with Crippen LogP contribution >= 0.6 is 0 Å². The predicted molar refractivity (Wildman–Crippen MR) is 113 cm³/mol. The van der Waals surface area contributed by atoms with Crippen molar-refractivity contribution in [3.63, 3.8) is 0 Å². The van der Waals surface area contributed by atoms with Crippen LogP contribution < -0.4 is 5.32 Å². The molecule has 0 aromatic carbocycles. The molecular weight excluding hydrogens is 424 g/mol. The van der Waals surface area contributed by atoms with Gasteiger partial charge in [0.1, 0.15) is 12.1 Å². The molecule has 182 valence electrons. The van der Waals surface area contributed by atoms with Crippen LogP contribution in [0.1, 0.15) is 84.5 Å². The molecule has 1 saturated heterocycles. The zero-order valence-corrected chi connectivity index (χ0v) is 18.7. The van der Waals surface area contributed by atoms with Crippen molar-refractivity contribution in [3.8, 4) is 0 Å². The smallest absolute Gasteiger partial charge is 0.326 e. The number of aliphatic carboxylic acids is 3. The lowest BCUT2D eigenvalue weighted by atomic mass is 10.1. The first kappa shape index (κ1) is 29.0. The summed E-state index contributed by atoms with van der Waals surface area (Å²) in [4.78, 5) is 66.4. The maximum Gasteiger partial charge on any atom is 0.326 e. The second-order valence-corrected chi connectivity index (χ2v) is 7.49. The molecule has 32 heavy (non-hydrogen) atoms. The Morgan fingerprint density at radius 2 is 1.41 bits per heavy atom. The van der Waals surface area contributed by atoms with Gasteiger partial charge in [0.2, 0.25) is 17.7 Å². The van der Waals surface area contributed by atoms with Crippen LogP contribution in [-0.2, 0) is 28.8 Å². The third-order valence-corrected chi connectivity index (χ3v) is 4.84. The SMILES string of the molecule is CCC(C(=O)O)N1C(=O)CCC1=O.CCCCCCCCC(=O)NC(CC(=O)O)C(=O)O. The topological polar surface area (TPSA) is 178 Å². The Hall–Kier alpha value is -2.98. The van der Waals surface area contributed by atoms with E-state index in [1.54, 1.807) is 6.92 Å². The number of unbranched alkanes of at least 4 members (excludes halogenated alkanes) is 5. The van der Waals surface area contributed by atoms with Crippen molar-refractivity contribution >= 4 is 35.6 Å². The van der Waals surface area contributed by atoms with Crippen LogP contribution in [0.3, 0.4) is 0 Å². The molecule has 1 rings (SSSR count). The number of carbonyl (C=O) groups is 6. The van der Waals surface area contributed by atoms with Gasteiger partial charge in [0.25, 0.3) is 0 Å². The lowest BCUT2D eigenvalue weighted by Crippen LogP contribution is -2.43. The second-order valence-electron chi connectivity index (χ2n) is 7.49. The van der Waals surface area contributed by atoms with Gasteiger partial charge in [-0.05, 0) is 12.8 Å². The number of hydrogen-bond donors (Lipinski definition) is 4. The van der Waals surface area contributed by atoms with E-state index in [-0.39, 0.29) is 37.5 Å². The molecule has 11 heteroatoms. The van der Waals surface area contributed by atoms with E-state index in [1.165, 1.54) is 6.42 Å². The van der Waals surface area contributed by atoms with Gasteiger partial charge < -0.3 is 20.6 Å². The summed E-state index contributed by atoms with van der Waals surface area (Å²) in [5, 5.41) is 28.2. The van der Waals surface area contributed by atoms with E-state index in [4.69, 9.17) is 15.3 Å². The molecule has 11 nitrogen and oxygen atoms in total. The molecule has 1 fully saturated rings. The van der Waals surface area contributed by atoms with E-state index in [0.29, 0.717) is 6.42 Å². The van der Waals surface area contributed by atoms with Crippen LogP contribution in [0.4, 0.5) is 0 Å². The van der Waals surface area contributed by atoms with Gasteiger partial charge in [0, 0.05) is 19.3 Å². The number of hydrogen-bond acceptors (Lipinski definition) is 6. The summed E-state index contributed by atoms with van der Waals surface area (Å²) >= 11 is 0. The van der Waals surface area contributed by atoms with E-state index >= 15 is 0 Å². The Labute approximate surface area is 187 Å². The van der Waals surface area contributed by atoms with Crippen molar-refractivity contribution in [2.75, 3.05) is 0 Å². The largest absolute Gasteiger partial charge is 0.481 e. The Morgan fingerprint density at radius 3 is 1.84 bits per heavy atom. The van der Waals surface area contributed by atoms with Crippen LogP contribution in [-0.4, -0.2) is 67.9 Å². The predicted octanol–water partition coefficient (Wildman–Crippen LogP) is 1.78. The number of imide groups is 1. The van der Waals surface area contributed by atoms with Crippen LogP contribution in [0, 0.1) is 0 Å². The summed E-state index contributed by atoms with van der Waals surface area (Å²) in [6, 6.07) is -2.33. The standard InChI is InChI=1S/C13H23NO5.C8H11NO4/c1-2-3-4-5-6-7-8-11(15)14-10(13(18)19)9-12(16)17;1-2-5(8(12)13)9-6(10)3-4-7(9)11/h10H,2-9H2,1H3,(H,14,15)(H,16,17)(H,18,19);5H,2-4H2,1H3,(H,12,13). The first-order valence-electron chi connectivity index (χ1n) is 10.9. The highest BCUT2D eigenvalue weighted by molar-refractivity contribution is 6.04. The van der Waals surface area contributed by atoms with Gasteiger partial charge in [-0.25, -0.2) is 9.59 Å². The molecule has 1 aliphatic heterocycles. The fourth-order valence-electron chi connectivity index (χ4n) is 3.12. The number of nitrogens with one attached hydrogen (secondary N) is 1. The number of carbonyl (C=O) groups excluding carboxylic acids is 3. The monoisotopic (exact) mass is 458 g/mol. The van der Waals surface area contributed by atoms with Crippen LogP contribution in [0.5, 0.6) is 0 Å². The van der Waals surface area contributed by atoms with E-state index in [0.717, 1.165) is 30.6 Å². The van der Waals surface area contributed by atoms with Gasteiger partial charge in [0.15, 0.2) is 0 Å². The van der Waals surface area contributed by atoms with Gasteiger partial charge in [-0.3, -0.25) is 24.1 Å². The fourth-order valence-corrected chi connectivity index (χ4v) is 3.12. The van der Waals surface area contributed by atoms with Gasteiger partial charge in [-0.1, -0.05) is 46.0 Å². The van der Waals surface area contributed by atoms with Crippen molar-refractivity contribution in [2.45, 2.75) is 96.6 Å². The average Bonchev–Trinajstić information content (AvgIpc) is 3.03. The molecule has 0 radical (unpaired) electrons. The number of likely N-dealkylation sites (tertiary alicyclic amines) is 1. The molecule has 0 aromatic heterocycles. The van der Waals surface area contributed by atoms with Crippen molar-refractivity contribution in [1.82, 2.24) is 10.2 Å². The number of rotatable bonds is 14.